The molecule has 0 aliphatic heterocycles. The quantitative estimate of drug-likeness (QED) is 0.754. The lowest BCUT2D eigenvalue weighted by atomic mass is 10.2. The van der Waals surface area contributed by atoms with Gasteiger partial charge in [0.2, 0.25) is 0 Å². The zero-order valence-corrected chi connectivity index (χ0v) is 9.77. The molecule has 1 unspecified atom stereocenters. The summed E-state index contributed by atoms with van der Waals surface area (Å²) in [5.41, 5.74) is 0. The molecule has 14 heavy (non-hydrogen) atoms. The molecule has 80 valence electrons. The Labute approximate surface area is 90.5 Å². The molecular weight excluding hydrogens is 194 g/mol. The van der Waals surface area contributed by atoms with E-state index < -0.39 is 0 Å². The maximum absolute atomic E-state index is 5.27. The minimum Gasteiger partial charge on any atom is -0.468 e. The number of rotatable bonds is 7. The van der Waals surface area contributed by atoms with Crippen LogP contribution in [0.5, 0.6) is 0 Å². The van der Waals surface area contributed by atoms with Crippen molar-refractivity contribution in [3.05, 3.63) is 24.2 Å². The van der Waals surface area contributed by atoms with Gasteiger partial charge in [0.05, 0.1) is 12.0 Å². The Bertz CT molecular complexity index is 223. The molecule has 1 heterocycles. The van der Waals surface area contributed by atoms with Crippen molar-refractivity contribution in [2.75, 3.05) is 12.8 Å². The Kier molecular flexibility index (Phi) is 5.80. The Morgan fingerprint density at radius 2 is 2.43 bits per heavy atom. The van der Waals surface area contributed by atoms with Crippen LogP contribution in [-0.4, -0.2) is 18.8 Å². The predicted molar refractivity (Wildman–Crippen MR) is 62.6 cm³/mol. The zero-order valence-electron chi connectivity index (χ0n) is 8.95. The third-order valence-corrected chi connectivity index (χ3v) is 3.32. The fraction of sp³-hybridized carbons (Fsp3) is 0.636. The SMILES string of the molecule is CCCC(CSCc1ccco1)NC. The summed E-state index contributed by atoms with van der Waals surface area (Å²) in [5, 5.41) is 3.33. The molecule has 3 heteroatoms. The van der Waals surface area contributed by atoms with Crippen molar-refractivity contribution in [3.63, 3.8) is 0 Å². The Hall–Kier alpha value is -0.410. The molecule has 2 nitrogen and oxygen atoms in total. The van der Waals surface area contributed by atoms with Gasteiger partial charge in [0.25, 0.3) is 0 Å². The van der Waals surface area contributed by atoms with E-state index in [4.69, 9.17) is 4.42 Å². The second-order valence-corrected chi connectivity index (χ2v) is 4.40. The standard InChI is InChI=1S/C11H19NOS/c1-3-5-10(12-2)8-14-9-11-6-4-7-13-11/h4,6-7,10,12H,3,5,8-9H2,1-2H3. The molecule has 0 saturated carbocycles. The van der Waals surface area contributed by atoms with E-state index in [1.54, 1.807) is 6.26 Å². The van der Waals surface area contributed by atoms with Crippen molar-refractivity contribution >= 4 is 11.8 Å². The third-order valence-electron chi connectivity index (χ3n) is 2.19. The average molecular weight is 213 g/mol. The van der Waals surface area contributed by atoms with Gasteiger partial charge in [0.1, 0.15) is 5.76 Å². The monoisotopic (exact) mass is 213 g/mol. The number of hydrogen-bond acceptors (Lipinski definition) is 3. The first kappa shape index (κ1) is 11.7. The summed E-state index contributed by atoms with van der Waals surface area (Å²) >= 11 is 1.93. The van der Waals surface area contributed by atoms with Gasteiger partial charge in [0, 0.05) is 11.8 Å². The normalized spacial score (nSPS) is 13.0. The van der Waals surface area contributed by atoms with Crippen LogP contribution in [0, 0.1) is 0 Å². The molecule has 0 aromatic carbocycles. The highest BCUT2D eigenvalue weighted by Crippen LogP contribution is 2.14. The topological polar surface area (TPSA) is 25.2 Å². The van der Waals surface area contributed by atoms with Gasteiger partial charge < -0.3 is 9.73 Å². The van der Waals surface area contributed by atoms with Gasteiger partial charge in [-0.15, -0.1) is 0 Å². The molecular formula is C11H19NOS. The number of furan rings is 1. The van der Waals surface area contributed by atoms with Crippen LogP contribution >= 0.6 is 11.8 Å². The van der Waals surface area contributed by atoms with Crippen molar-refractivity contribution in [1.82, 2.24) is 5.32 Å². The van der Waals surface area contributed by atoms with Crippen molar-refractivity contribution in [1.29, 1.82) is 0 Å². The van der Waals surface area contributed by atoms with E-state index in [9.17, 15) is 0 Å². The molecule has 1 N–H and O–H groups in total. The summed E-state index contributed by atoms with van der Waals surface area (Å²) in [6, 6.07) is 4.61. The molecule has 1 aromatic heterocycles. The van der Waals surface area contributed by atoms with Gasteiger partial charge >= 0.3 is 0 Å². The molecule has 0 aliphatic rings. The average Bonchev–Trinajstić information content (AvgIpc) is 2.69. The lowest BCUT2D eigenvalue weighted by molar-refractivity contribution is 0.529. The fourth-order valence-electron chi connectivity index (χ4n) is 1.36. The van der Waals surface area contributed by atoms with E-state index in [2.05, 4.69) is 12.2 Å². The van der Waals surface area contributed by atoms with Gasteiger partial charge in [-0.1, -0.05) is 13.3 Å². The van der Waals surface area contributed by atoms with E-state index in [-0.39, 0.29) is 0 Å². The number of thioether (sulfide) groups is 1. The van der Waals surface area contributed by atoms with Gasteiger partial charge in [-0.05, 0) is 25.6 Å². The minimum absolute atomic E-state index is 0.639. The van der Waals surface area contributed by atoms with Crippen molar-refractivity contribution < 1.29 is 4.42 Å². The summed E-state index contributed by atoms with van der Waals surface area (Å²) < 4.78 is 5.27. The second kappa shape index (κ2) is 6.96. The Morgan fingerprint density at radius 3 is 3.00 bits per heavy atom. The van der Waals surface area contributed by atoms with Gasteiger partial charge in [-0.2, -0.15) is 11.8 Å². The molecule has 0 saturated heterocycles. The molecule has 0 amide bonds. The van der Waals surface area contributed by atoms with Gasteiger partial charge in [-0.25, -0.2) is 0 Å². The molecule has 1 rings (SSSR count). The number of nitrogens with one attached hydrogen (secondary N) is 1. The van der Waals surface area contributed by atoms with E-state index in [0.29, 0.717) is 6.04 Å². The molecule has 1 atom stereocenters. The maximum Gasteiger partial charge on any atom is 0.113 e. The first-order valence-corrected chi connectivity index (χ1v) is 6.29. The van der Waals surface area contributed by atoms with E-state index >= 15 is 0 Å². The highest BCUT2D eigenvalue weighted by atomic mass is 32.2. The summed E-state index contributed by atoms with van der Waals surface area (Å²) in [7, 11) is 2.04. The zero-order chi connectivity index (χ0) is 10.2. The summed E-state index contributed by atoms with van der Waals surface area (Å²) in [6.07, 6.45) is 4.23. The van der Waals surface area contributed by atoms with Crippen LogP contribution in [0.25, 0.3) is 0 Å². The van der Waals surface area contributed by atoms with Crippen LogP contribution in [-0.2, 0) is 5.75 Å². The van der Waals surface area contributed by atoms with Crippen molar-refractivity contribution in [2.24, 2.45) is 0 Å². The lowest BCUT2D eigenvalue weighted by Gasteiger charge is -2.13. The van der Waals surface area contributed by atoms with E-state index in [1.165, 1.54) is 12.8 Å². The van der Waals surface area contributed by atoms with Crippen LogP contribution in [0.3, 0.4) is 0 Å². The molecule has 0 bridgehead atoms. The second-order valence-electron chi connectivity index (χ2n) is 3.37. The Morgan fingerprint density at radius 1 is 1.57 bits per heavy atom. The highest BCUT2D eigenvalue weighted by Gasteiger charge is 2.05. The predicted octanol–water partition coefficient (Wildman–Crippen LogP) is 2.90. The smallest absolute Gasteiger partial charge is 0.113 e. The van der Waals surface area contributed by atoms with Crippen LogP contribution in [0.4, 0.5) is 0 Å². The molecule has 0 aliphatic carbocycles. The summed E-state index contributed by atoms with van der Waals surface area (Å²) in [5.74, 6) is 3.21. The van der Waals surface area contributed by atoms with Crippen molar-refractivity contribution in [2.45, 2.75) is 31.6 Å². The maximum atomic E-state index is 5.27. The first-order valence-electron chi connectivity index (χ1n) is 5.14. The van der Waals surface area contributed by atoms with Gasteiger partial charge in [0.15, 0.2) is 0 Å². The van der Waals surface area contributed by atoms with Crippen LogP contribution in [0.2, 0.25) is 0 Å². The van der Waals surface area contributed by atoms with E-state index in [1.807, 2.05) is 30.9 Å². The highest BCUT2D eigenvalue weighted by molar-refractivity contribution is 7.98. The van der Waals surface area contributed by atoms with Gasteiger partial charge in [-0.3, -0.25) is 0 Å². The van der Waals surface area contributed by atoms with E-state index in [0.717, 1.165) is 17.3 Å². The molecule has 1 aromatic rings. The number of hydrogen-bond donors (Lipinski definition) is 1. The largest absolute Gasteiger partial charge is 0.468 e. The summed E-state index contributed by atoms with van der Waals surface area (Å²) in [6.45, 7) is 2.22. The van der Waals surface area contributed by atoms with Crippen LogP contribution < -0.4 is 5.32 Å². The van der Waals surface area contributed by atoms with Crippen LogP contribution in [0.1, 0.15) is 25.5 Å². The molecule has 0 spiro atoms. The Balaban J connectivity index is 2.13. The lowest BCUT2D eigenvalue weighted by Crippen LogP contribution is -2.27. The molecule has 0 radical (unpaired) electrons. The fourth-order valence-corrected chi connectivity index (χ4v) is 2.46. The minimum atomic E-state index is 0.639. The third kappa shape index (κ3) is 4.20. The first-order chi connectivity index (χ1) is 6.86. The molecule has 0 fully saturated rings. The van der Waals surface area contributed by atoms with Crippen LogP contribution in [0.15, 0.2) is 22.8 Å². The van der Waals surface area contributed by atoms with Crippen molar-refractivity contribution in [3.8, 4) is 0 Å². The summed E-state index contributed by atoms with van der Waals surface area (Å²) in [4.78, 5) is 0.